The molecular weight excluding hydrogens is 276 g/mol. The Morgan fingerprint density at radius 1 is 1.14 bits per heavy atom. The second-order valence-corrected chi connectivity index (χ2v) is 6.69. The molecule has 0 bridgehead atoms. The third-order valence-corrected chi connectivity index (χ3v) is 3.48. The molecule has 1 amide bonds. The van der Waals surface area contributed by atoms with E-state index in [0.717, 1.165) is 19.4 Å². The minimum Gasteiger partial charge on any atom is -0.444 e. The van der Waals surface area contributed by atoms with E-state index in [4.69, 9.17) is 4.74 Å². The Morgan fingerprint density at radius 2 is 1.77 bits per heavy atom. The molecule has 22 heavy (non-hydrogen) atoms. The van der Waals surface area contributed by atoms with Gasteiger partial charge in [0, 0.05) is 12.6 Å². The molecule has 0 fully saturated rings. The summed E-state index contributed by atoms with van der Waals surface area (Å²) in [5, 5.41) is 6.41. The van der Waals surface area contributed by atoms with Crippen molar-refractivity contribution in [2.45, 2.75) is 57.8 Å². The molecule has 2 atom stereocenters. The van der Waals surface area contributed by atoms with Gasteiger partial charge in [0.1, 0.15) is 5.60 Å². The lowest BCUT2D eigenvalue weighted by Gasteiger charge is -2.26. The van der Waals surface area contributed by atoms with E-state index in [2.05, 4.69) is 47.1 Å². The topological polar surface area (TPSA) is 50.4 Å². The quantitative estimate of drug-likeness (QED) is 0.838. The molecule has 120 valence electrons. The molecule has 1 aromatic rings. The van der Waals surface area contributed by atoms with Crippen LogP contribution < -0.4 is 10.6 Å². The van der Waals surface area contributed by atoms with Crippen LogP contribution in [0.4, 0.5) is 4.79 Å². The lowest BCUT2D eigenvalue weighted by Crippen LogP contribution is -2.41. The monoisotopic (exact) mass is 302 g/mol. The van der Waals surface area contributed by atoms with Crippen LogP contribution in [0.5, 0.6) is 0 Å². The van der Waals surface area contributed by atoms with Crippen molar-refractivity contribution in [3.05, 3.63) is 48.0 Å². The minimum absolute atomic E-state index is 0.0598. The second kappa shape index (κ2) is 7.45. The van der Waals surface area contributed by atoms with Crippen molar-refractivity contribution in [2.24, 2.45) is 0 Å². The van der Waals surface area contributed by atoms with Crippen LogP contribution in [-0.2, 0) is 11.3 Å². The number of carbonyl (C=O) groups is 1. The van der Waals surface area contributed by atoms with Gasteiger partial charge < -0.3 is 15.4 Å². The molecule has 1 aromatic carbocycles. The fourth-order valence-corrected chi connectivity index (χ4v) is 2.41. The molecule has 2 rings (SSSR count). The summed E-state index contributed by atoms with van der Waals surface area (Å²) in [6.45, 7) is 6.46. The van der Waals surface area contributed by atoms with Crippen LogP contribution in [0.3, 0.4) is 0 Å². The molecule has 4 heteroatoms. The van der Waals surface area contributed by atoms with Gasteiger partial charge in [0.15, 0.2) is 0 Å². The van der Waals surface area contributed by atoms with Gasteiger partial charge in [-0.1, -0.05) is 42.5 Å². The normalized spacial score (nSPS) is 21.4. The fraction of sp³-hybridized carbons (Fsp3) is 0.500. The Hall–Kier alpha value is -1.81. The maximum absolute atomic E-state index is 11.7. The molecule has 1 aliphatic rings. The fourth-order valence-electron chi connectivity index (χ4n) is 2.41. The van der Waals surface area contributed by atoms with E-state index >= 15 is 0 Å². The predicted molar refractivity (Wildman–Crippen MR) is 88.6 cm³/mol. The third-order valence-electron chi connectivity index (χ3n) is 3.48. The van der Waals surface area contributed by atoms with Gasteiger partial charge in [-0.15, -0.1) is 0 Å². The average molecular weight is 302 g/mol. The highest BCUT2D eigenvalue weighted by Crippen LogP contribution is 2.14. The Balaban J connectivity index is 1.74. The van der Waals surface area contributed by atoms with E-state index in [0.29, 0.717) is 6.04 Å². The van der Waals surface area contributed by atoms with Gasteiger partial charge in [0.2, 0.25) is 0 Å². The van der Waals surface area contributed by atoms with Crippen molar-refractivity contribution in [1.29, 1.82) is 0 Å². The summed E-state index contributed by atoms with van der Waals surface area (Å²) < 4.78 is 5.27. The highest BCUT2D eigenvalue weighted by atomic mass is 16.6. The number of ether oxygens (including phenoxy) is 1. The zero-order valence-corrected chi connectivity index (χ0v) is 13.6. The minimum atomic E-state index is -0.456. The van der Waals surface area contributed by atoms with E-state index in [-0.39, 0.29) is 12.1 Å². The van der Waals surface area contributed by atoms with Crippen molar-refractivity contribution in [1.82, 2.24) is 10.6 Å². The van der Waals surface area contributed by atoms with Crippen LogP contribution in [0, 0.1) is 0 Å². The number of rotatable bonds is 4. The lowest BCUT2D eigenvalue weighted by molar-refractivity contribution is 0.0510. The number of benzene rings is 1. The summed E-state index contributed by atoms with van der Waals surface area (Å²) in [6, 6.07) is 10.8. The van der Waals surface area contributed by atoms with Crippen LogP contribution in [0.25, 0.3) is 0 Å². The molecule has 0 radical (unpaired) electrons. The van der Waals surface area contributed by atoms with E-state index in [1.807, 2.05) is 26.8 Å². The predicted octanol–water partition coefficient (Wildman–Crippen LogP) is 3.39. The van der Waals surface area contributed by atoms with Gasteiger partial charge >= 0.3 is 6.09 Å². The number of carbonyl (C=O) groups excluding carboxylic acids is 1. The van der Waals surface area contributed by atoms with Gasteiger partial charge in [-0.05, 0) is 39.2 Å². The van der Waals surface area contributed by atoms with Gasteiger partial charge in [0.05, 0.1) is 6.04 Å². The average Bonchev–Trinajstić information content (AvgIpc) is 2.45. The highest BCUT2D eigenvalue weighted by Gasteiger charge is 2.21. The first-order chi connectivity index (χ1) is 10.4. The number of alkyl carbamates (subject to hydrolysis) is 1. The molecule has 0 spiro atoms. The Bertz CT molecular complexity index is 506. The molecule has 0 aliphatic heterocycles. The molecule has 0 heterocycles. The van der Waals surface area contributed by atoms with E-state index in [9.17, 15) is 4.79 Å². The summed E-state index contributed by atoms with van der Waals surface area (Å²) >= 11 is 0. The Morgan fingerprint density at radius 3 is 2.36 bits per heavy atom. The van der Waals surface area contributed by atoms with Crippen LogP contribution in [-0.4, -0.2) is 23.8 Å². The van der Waals surface area contributed by atoms with Gasteiger partial charge in [-0.3, -0.25) is 0 Å². The van der Waals surface area contributed by atoms with Gasteiger partial charge in [0.25, 0.3) is 0 Å². The van der Waals surface area contributed by atoms with Crippen LogP contribution in [0.2, 0.25) is 0 Å². The molecule has 1 aliphatic carbocycles. The molecule has 0 aromatic heterocycles. The van der Waals surface area contributed by atoms with Crippen molar-refractivity contribution in [3.8, 4) is 0 Å². The third kappa shape index (κ3) is 5.90. The molecule has 2 N–H and O–H groups in total. The standard InChI is InChI=1S/C18H26N2O2/c1-18(2,3)22-17(21)20-16-11-9-15(10-12-16)19-13-14-7-5-4-6-8-14/h4-9,11,15-16,19H,10,12-13H2,1-3H3,(H,20,21)/t15-,16+/m0/s1. The molecule has 0 saturated heterocycles. The summed E-state index contributed by atoms with van der Waals surface area (Å²) in [6.07, 6.45) is 5.76. The number of nitrogens with one attached hydrogen (secondary N) is 2. The summed E-state index contributed by atoms with van der Waals surface area (Å²) in [7, 11) is 0. The Labute approximate surface area is 132 Å². The first-order valence-electron chi connectivity index (χ1n) is 7.87. The Kier molecular flexibility index (Phi) is 5.61. The maximum atomic E-state index is 11.7. The van der Waals surface area contributed by atoms with Crippen molar-refractivity contribution in [2.75, 3.05) is 0 Å². The summed E-state index contributed by atoms with van der Waals surface area (Å²) in [4.78, 5) is 11.7. The van der Waals surface area contributed by atoms with Crippen molar-refractivity contribution >= 4 is 6.09 Å². The smallest absolute Gasteiger partial charge is 0.408 e. The SMILES string of the molecule is CC(C)(C)OC(=O)N[C@@H]1C=C[C@H](NCc2ccccc2)CC1. The van der Waals surface area contributed by atoms with Crippen molar-refractivity contribution < 1.29 is 9.53 Å². The largest absolute Gasteiger partial charge is 0.444 e. The lowest BCUT2D eigenvalue weighted by atomic mass is 9.98. The van der Waals surface area contributed by atoms with E-state index in [1.165, 1.54) is 5.56 Å². The zero-order chi connectivity index (χ0) is 16.0. The first kappa shape index (κ1) is 16.6. The number of hydrogen-bond donors (Lipinski definition) is 2. The van der Waals surface area contributed by atoms with E-state index < -0.39 is 5.60 Å². The van der Waals surface area contributed by atoms with Gasteiger partial charge in [-0.2, -0.15) is 0 Å². The summed E-state index contributed by atoms with van der Waals surface area (Å²) in [5.41, 5.74) is 0.826. The molecular formula is C18H26N2O2. The van der Waals surface area contributed by atoms with Crippen LogP contribution in [0.1, 0.15) is 39.2 Å². The number of amides is 1. The zero-order valence-electron chi connectivity index (χ0n) is 13.6. The summed E-state index contributed by atoms with van der Waals surface area (Å²) in [5.74, 6) is 0. The van der Waals surface area contributed by atoms with Crippen molar-refractivity contribution in [3.63, 3.8) is 0 Å². The van der Waals surface area contributed by atoms with Crippen LogP contribution in [0.15, 0.2) is 42.5 Å². The first-order valence-corrected chi connectivity index (χ1v) is 7.87. The molecule has 0 saturated carbocycles. The molecule has 0 unspecified atom stereocenters. The van der Waals surface area contributed by atoms with Gasteiger partial charge in [-0.25, -0.2) is 4.79 Å². The van der Waals surface area contributed by atoms with Crippen LogP contribution >= 0.6 is 0 Å². The second-order valence-electron chi connectivity index (χ2n) is 6.69. The highest BCUT2D eigenvalue weighted by molar-refractivity contribution is 5.68. The number of hydrogen-bond acceptors (Lipinski definition) is 3. The maximum Gasteiger partial charge on any atom is 0.408 e. The molecule has 4 nitrogen and oxygen atoms in total. The van der Waals surface area contributed by atoms with E-state index in [1.54, 1.807) is 0 Å².